The van der Waals surface area contributed by atoms with Crippen LogP contribution in [0.2, 0.25) is 0 Å². The zero-order valence-corrected chi connectivity index (χ0v) is 29.5. The van der Waals surface area contributed by atoms with Crippen molar-refractivity contribution in [3.05, 3.63) is 0 Å². The number of nitrogens with two attached hydrogens (primary N) is 1. The largest absolute Gasteiger partial charge is 0.370 e. The smallest absolute Gasteiger partial charge is 0.217 e. The van der Waals surface area contributed by atoms with E-state index in [1.165, 1.54) is 135 Å². The minimum atomic E-state index is -1.89. The average molecular weight is 586 g/mol. The summed E-state index contributed by atoms with van der Waals surface area (Å²) >= 11 is 0. The van der Waals surface area contributed by atoms with Gasteiger partial charge >= 0.3 is 0 Å². The maximum Gasteiger partial charge on any atom is 0.217 e. The van der Waals surface area contributed by atoms with Crippen LogP contribution in [0.4, 0.5) is 0 Å². The molecule has 0 unspecified atom stereocenters. The molecule has 0 radical (unpaired) electrons. The molecule has 0 saturated heterocycles. The molecule has 0 fully saturated rings. The lowest BCUT2D eigenvalue weighted by molar-refractivity contribution is -0.120. The fourth-order valence-electron chi connectivity index (χ4n) is 5.94. The molecular formula is C36H76NO2P. The fourth-order valence-corrected chi connectivity index (χ4v) is 9.01. The van der Waals surface area contributed by atoms with Gasteiger partial charge in [0.25, 0.3) is 0 Å². The third-order valence-electron chi connectivity index (χ3n) is 9.12. The van der Waals surface area contributed by atoms with Crippen LogP contribution < -0.4 is 5.73 Å². The molecule has 4 heteroatoms. The molecule has 3 nitrogen and oxygen atoms in total. The summed E-state index contributed by atoms with van der Waals surface area (Å²) in [6.45, 7) is 13.4. The van der Waals surface area contributed by atoms with Crippen molar-refractivity contribution >= 4 is 13.0 Å². The first kappa shape index (κ1) is 41.8. The van der Waals surface area contributed by atoms with E-state index < -0.39 is 7.14 Å². The molecule has 0 atom stereocenters. The number of carbonyl (C=O) groups excluding carboxylic acids is 1. The Morgan fingerprint density at radius 2 is 0.800 bits per heavy atom. The van der Waals surface area contributed by atoms with E-state index in [0.717, 1.165) is 37.7 Å². The van der Waals surface area contributed by atoms with Crippen LogP contribution in [0.1, 0.15) is 202 Å². The molecule has 0 heterocycles. The van der Waals surface area contributed by atoms with E-state index in [9.17, 15) is 9.36 Å². The molecule has 2 N–H and O–H groups in total. The van der Waals surface area contributed by atoms with Crippen molar-refractivity contribution in [1.29, 1.82) is 0 Å². The van der Waals surface area contributed by atoms with Crippen LogP contribution in [0.3, 0.4) is 0 Å². The van der Waals surface area contributed by atoms with E-state index >= 15 is 0 Å². The Labute approximate surface area is 253 Å². The molecule has 0 aromatic rings. The molecular weight excluding hydrogens is 509 g/mol. The monoisotopic (exact) mass is 586 g/mol. The van der Waals surface area contributed by atoms with Crippen LogP contribution in [-0.4, -0.2) is 24.4 Å². The molecule has 0 saturated carbocycles. The molecule has 0 spiro atoms. The maximum atomic E-state index is 13.5. The van der Waals surface area contributed by atoms with Crippen LogP contribution in [0.5, 0.6) is 0 Å². The predicted octanol–water partition coefficient (Wildman–Crippen LogP) is 12.7. The second kappa shape index (κ2) is 30.2. The van der Waals surface area contributed by atoms with Gasteiger partial charge in [-0.2, -0.15) is 0 Å². The third-order valence-corrected chi connectivity index (χ3v) is 12.5. The highest BCUT2D eigenvalue weighted by molar-refractivity contribution is 7.63. The molecule has 0 aliphatic rings. The number of primary amides is 1. The molecule has 1 amide bonds. The number of hydrogen-bond donors (Lipinski definition) is 1. The van der Waals surface area contributed by atoms with Gasteiger partial charge in [-0.05, 0) is 43.9 Å². The van der Waals surface area contributed by atoms with Crippen LogP contribution in [0.25, 0.3) is 0 Å². The number of carbonyl (C=O) groups is 1. The summed E-state index contributed by atoms with van der Waals surface area (Å²) < 4.78 is 13.5. The molecule has 40 heavy (non-hydrogen) atoms. The Bertz CT molecular complexity index is 526. The molecule has 0 aliphatic heterocycles. The molecule has 242 valence electrons. The van der Waals surface area contributed by atoms with Crippen molar-refractivity contribution in [3.63, 3.8) is 0 Å². The quantitative estimate of drug-likeness (QED) is 0.0701. The number of rotatable bonds is 29. The van der Waals surface area contributed by atoms with E-state index in [1.54, 1.807) is 0 Å². The lowest BCUT2D eigenvalue weighted by Crippen LogP contribution is -2.27. The SMILES string of the molecule is CCCCCC(CC)(CC)CC(N)=O.CCCCCCCCP(=O)(CCCCCCCC)CCCCCCCC. The van der Waals surface area contributed by atoms with Gasteiger partial charge in [0.15, 0.2) is 0 Å². The number of unbranched alkanes of at least 4 members (excludes halogenated alkanes) is 17. The molecule has 0 aromatic heterocycles. The van der Waals surface area contributed by atoms with E-state index in [-0.39, 0.29) is 11.3 Å². The van der Waals surface area contributed by atoms with Gasteiger partial charge in [-0.3, -0.25) is 4.79 Å². The Balaban J connectivity index is 0. The normalized spacial score (nSPS) is 11.8. The Morgan fingerprint density at radius 1 is 0.500 bits per heavy atom. The van der Waals surface area contributed by atoms with Gasteiger partial charge in [0, 0.05) is 24.9 Å². The molecule has 0 aliphatic carbocycles. The third kappa shape index (κ3) is 26.6. The predicted molar refractivity (Wildman–Crippen MR) is 183 cm³/mol. The van der Waals surface area contributed by atoms with Crippen molar-refractivity contribution in [2.24, 2.45) is 11.1 Å². The summed E-state index contributed by atoms with van der Waals surface area (Å²) in [5.74, 6) is -0.148. The second-order valence-electron chi connectivity index (χ2n) is 12.8. The van der Waals surface area contributed by atoms with Gasteiger partial charge in [-0.1, -0.05) is 157 Å². The van der Waals surface area contributed by atoms with Crippen LogP contribution >= 0.6 is 7.14 Å². The van der Waals surface area contributed by atoms with Crippen LogP contribution in [-0.2, 0) is 9.36 Å². The summed E-state index contributed by atoms with van der Waals surface area (Å²) in [4.78, 5) is 11.0. The van der Waals surface area contributed by atoms with Gasteiger partial charge in [0.05, 0.1) is 7.14 Å². The van der Waals surface area contributed by atoms with Gasteiger partial charge in [0.1, 0.15) is 0 Å². The summed E-state index contributed by atoms with van der Waals surface area (Å²) in [5.41, 5.74) is 5.48. The lowest BCUT2D eigenvalue weighted by Gasteiger charge is -2.30. The van der Waals surface area contributed by atoms with Gasteiger partial charge in [0.2, 0.25) is 5.91 Å². The first-order chi connectivity index (χ1) is 19.3. The summed E-state index contributed by atoms with van der Waals surface area (Å²) in [5, 5.41) is 0. The first-order valence-electron chi connectivity index (χ1n) is 18.1. The summed E-state index contributed by atoms with van der Waals surface area (Å²) in [7, 11) is -1.89. The van der Waals surface area contributed by atoms with Gasteiger partial charge < -0.3 is 10.3 Å². The number of hydrogen-bond acceptors (Lipinski definition) is 2. The molecule has 0 rings (SSSR count). The zero-order valence-electron chi connectivity index (χ0n) is 28.6. The molecule has 0 aromatic carbocycles. The zero-order chi connectivity index (χ0) is 30.4. The van der Waals surface area contributed by atoms with E-state index in [2.05, 4.69) is 41.5 Å². The first-order valence-corrected chi connectivity index (χ1v) is 20.4. The second-order valence-corrected chi connectivity index (χ2v) is 16.3. The van der Waals surface area contributed by atoms with E-state index in [4.69, 9.17) is 5.73 Å². The summed E-state index contributed by atoms with van der Waals surface area (Å²) in [6, 6.07) is 0. The van der Waals surface area contributed by atoms with E-state index in [1.807, 2.05) is 0 Å². The topological polar surface area (TPSA) is 60.2 Å². The maximum absolute atomic E-state index is 13.5. The highest BCUT2D eigenvalue weighted by Crippen LogP contribution is 2.48. The highest BCUT2D eigenvalue weighted by Gasteiger charge is 2.27. The lowest BCUT2D eigenvalue weighted by atomic mass is 9.75. The van der Waals surface area contributed by atoms with Crippen molar-refractivity contribution < 1.29 is 9.36 Å². The van der Waals surface area contributed by atoms with Crippen molar-refractivity contribution in [2.45, 2.75) is 202 Å². The van der Waals surface area contributed by atoms with Crippen LogP contribution in [0.15, 0.2) is 0 Å². The Morgan fingerprint density at radius 3 is 1.10 bits per heavy atom. The van der Waals surface area contributed by atoms with E-state index in [0.29, 0.717) is 6.42 Å². The van der Waals surface area contributed by atoms with Gasteiger partial charge in [-0.25, -0.2) is 0 Å². The fraction of sp³-hybridized carbons (Fsp3) is 0.972. The Hall–Kier alpha value is -0.300. The standard InChI is InChI=1S/C24H51OP.C12H25NO/c1-4-7-10-13-16-19-22-26(25,23-20-17-14-11-8-5-2)24-21-18-15-12-9-6-3;1-4-7-8-9-12(5-2,6-3)10-11(13)14/h4-24H2,1-3H3;4-10H2,1-3H3,(H2,13,14). The van der Waals surface area contributed by atoms with Crippen molar-refractivity contribution in [3.8, 4) is 0 Å². The highest BCUT2D eigenvalue weighted by atomic mass is 31.2. The van der Waals surface area contributed by atoms with Gasteiger partial charge in [-0.15, -0.1) is 0 Å². The minimum absolute atomic E-state index is 0.148. The van der Waals surface area contributed by atoms with Crippen molar-refractivity contribution in [2.75, 3.05) is 18.5 Å². The molecule has 0 bridgehead atoms. The summed E-state index contributed by atoms with van der Waals surface area (Å²) in [6.07, 6.45) is 34.5. The number of amides is 1. The average Bonchev–Trinajstić information content (AvgIpc) is 2.94. The van der Waals surface area contributed by atoms with Crippen LogP contribution in [0, 0.1) is 5.41 Å². The van der Waals surface area contributed by atoms with Crippen molar-refractivity contribution in [1.82, 2.24) is 0 Å². The minimum Gasteiger partial charge on any atom is -0.370 e. The Kier molecular flexibility index (Phi) is 31.6.